The first-order chi connectivity index (χ1) is 31.1. The molecule has 0 rings (SSSR count). The number of esters is 2. The van der Waals surface area contributed by atoms with Crippen molar-refractivity contribution in [2.75, 3.05) is 40.9 Å². The van der Waals surface area contributed by atoms with Crippen molar-refractivity contribution in [3.8, 4) is 0 Å². The van der Waals surface area contributed by atoms with Crippen LogP contribution in [0.1, 0.15) is 234 Å². The molecule has 65 heavy (non-hydrogen) atoms. The summed E-state index contributed by atoms with van der Waals surface area (Å²) in [6.45, 7) is 10.7. The first-order valence-electron chi connectivity index (χ1n) is 26.4. The minimum absolute atomic E-state index is 0.00617. The van der Waals surface area contributed by atoms with Gasteiger partial charge in [0.05, 0.1) is 40.9 Å². The SMILES string of the molecule is CCCCCCCCCCCCOC(=O)CC[C@H](NC(=O)[C@H](C)NC(=O)[C@H](C)NC(=O)[C@H](C)NC(=O)CCCCCCCCCC[N+](C)(C)C)C(=O)OCCCCCCCCCCCC. The normalized spacial score (nSPS) is 13.3. The Bertz CT molecular complexity index is 1260. The molecule has 4 atom stereocenters. The summed E-state index contributed by atoms with van der Waals surface area (Å²) in [5.41, 5.74) is 0. The summed E-state index contributed by atoms with van der Waals surface area (Å²) in [5.74, 6) is -3.05. The highest BCUT2D eigenvalue weighted by molar-refractivity contribution is 5.94. The Balaban J connectivity index is 4.84. The lowest BCUT2D eigenvalue weighted by molar-refractivity contribution is -0.870. The van der Waals surface area contributed by atoms with Crippen molar-refractivity contribution in [3.63, 3.8) is 0 Å². The maximum Gasteiger partial charge on any atom is 0.328 e. The van der Waals surface area contributed by atoms with Crippen molar-refractivity contribution in [2.24, 2.45) is 0 Å². The predicted octanol–water partition coefficient (Wildman–Crippen LogP) is 9.91. The van der Waals surface area contributed by atoms with Crippen LogP contribution in [0.5, 0.6) is 0 Å². The van der Waals surface area contributed by atoms with E-state index in [4.69, 9.17) is 9.47 Å². The highest BCUT2D eigenvalue weighted by atomic mass is 16.5. The molecule has 4 N–H and O–H groups in total. The van der Waals surface area contributed by atoms with E-state index in [0.717, 1.165) is 68.7 Å². The third-order valence-corrected chi connectivity index (χ3v) is 12.0. The minimum Gasteiger partial charge on any atom is -0.466 e. The van der Waals surface area contributed by atoms with Gasteiger partial charge in [-0.2, -0.15) is 0 Å². The van der Waals surface area contributed by atoms with Crippen LogP contribution in [0.3, 0.4) is 0 Å². The molecule has 0 saturated carbocycles. The molecular formula is C52H100N5O8+. The van der Waals surface area contributed by atoms with Gasteiger partial charge in [-0.25, -0.2) is 4.79 Å². The highest BCUT2D eigenvalue weighted by Gasteiger charge is 2.28. The van der Waals surface area contributed by atoms with Gasteiger partial charge in [0.15, 0.2) is 0 Å². The monoisotopic (exact) mass is 923 g/mol. The van der Waals surface area contributed by atoms with Gasteiger partial charge in [-0.05, 0) is 59.3 Å². The van der Waals surface area contributed by atoms with Gasteiger partial charge in [-0.15, -0.1) is 0 Å². The van der Waals surface area contributed by atoms with Gasteiger partial charge >= 0.3 is 11.9 Å². The molecule has 0 saturated heterocycles. The Kier molecular flexibility index (Phi) is 39.0. The number of amides is 4. The molecule has 380 valence electrons. The Labute approximate surface area is 397 Å². The predicted molar refractivity (Wildman–Crippen MR) is 264 cm³/mol. The summed E-state index contributed by atoms with van der Waals surface area (Å²) < 4.78 is 12.0. The lowest BCUT2D eigenvalue weighted by atomic mass is 10.1. The number of carbonyl (C=O) groups is 6. The van der Waals surface area contributed by atoms with Crippen LogP contribution in [0.25, 0.3) is 0 Å². The van der Waals surface area contributed by atoms with Crippen molar-refractivity contribution in [1.29, 1.82) is 0 Å². The molecule has 0 aromatic heterocycles. The first-order valence-corrected chi connectivity index (χ1v) is 26.4. The maximum absolute atomic E-state index is 13.3. The molecule has 0 radical (unpaired) electrons. The Morgan fingerprint density at radius 3 is 1.20 bits per heavy atom. The zero-order valence-electron chi connectivity index (χ0n) is 43.1. The second-order valence-electron chi connectivity index (χ2n) is 19.7. The second-order valence-corrected chi connectivity index (χ2v) is 19.7. The molecule has 13 heteroatoms. The zero-order chi connectivity index (χ0) is 48.6. The van der Waals surface area contributed by atoms with Crippen LogP contribution in [0.2, 0.25) is 0 Å². The molecular weight excluding hydrogens is 823 g/mol. The smallest absolute Gasteiger partial charge is 0.328 e. The molecule has 0 aliphatic rings. The van der Waals surface area contributed by atoms with Crippen LogP contribution in [0.4, 0.5) is 0 Å². The van der Waals surface area contributed by atoms with E-state index in [1.165, 1.54) is 130 Å². The number of hydrogen-bond acceptors (Lipinski definition) is 8. The van der Waals surface area contributed by atoms with Gasteiger partial charge in [0.2, 0.25) is 23.6 Å². The molecule has 0 fully saturated rings. The molecule has 0 aliphatic heterocycles. The fourth-order valence-electron chi connectivity index (χ4n) is 7.64. The number of ether oxygens (including phenoxy) is 2. The Morgan fingerprint density at radius 2 is 0.769 bits per heavy atom. The summed E-state index contributed by atoms with van der Waals surface area (Å²) in [7, 11) is 6.66. The van der Waals surface area contributed by atoms with Crippen molar-refractivity contribution < 1.29 is 42.7 Å². The van der Waals surface area contributed by atoms with Crippen molar-refractivity contribution >= 4 is 35.6 Å². The summed E-state index contributed by atoms with van der Waals surface area (Å²) in [6, 6.07) is -4.02. The summed E-state index contributed by atoms with van der Waals surface area (Å²) in [5, 5.41) is 10.6. The van der Waals surface area contributed by atoms with E-state index in [-0.39, 0.29) is 25.4 Å². The van der Waals surface area contributed by atoms with E-state index >= 15 is 0 Å². The van der Waals surface area contributed by atoms with E-state index in [0.29, 0.717) is 19.4 Å². The van der Waals surface area contributed by atoms with Crippen molar-refractivity contribution in [2.45, 2.75) is 258 Å². The van der Waals surface area contributed by atoms with Crippen LogP contribution in [-0.4, -0.2) is 105 Å². The number of nitrogens with one attached hydrogen (secondary N) is 4. The largest absolute Gasteiger partial charge is 0.466 e. The molecule has 0 aromatic rings. The number of hydrogen-bond donors (Lipinski definition) is 4. The summed E-state index contributed by atoms with van der Waals surface area (Å²) >= 11 is 0. The molecule has 0 bridgehead atoms. The number of carbonyl (C=O) groups excluding carboxylic acids is 6. The molecule has 0 heterocycles. The van der Waals surface area contributed by atoms with Crippen LogP contribution in [0, 0.1) is 0 Å². The number of nitrogens with zero attached hydrogens (tertiary/aromatic N) is 1. The third-order valence-electron chi connectivity index (χ3n) is 12.0. The van der Waals surface area contributed by atoms with Crippen molar-refractivity contribution in [3.05, 3.63) is 0 Å². The average Bonchev–Trinajstić information content (AvgIpc) is 3.25. The molecule has 4 amide bonds. The first kappa shape index (κ1) is 61.8. The fourth-order valence-corrected chi connectivity index (χ4v) is 7.64. The topological polar surface area (TPSA) is 169 Å². The molecule has 0 aromatic carbocycles. The Hall–Kier alpha value is -3.22. The second kappa shape index (κ2) is 41.0. The molecule has 0 spiro atoms. The zero-order valence-corrected chi connectivity index (χ0v) is 43.1. The molecule has 0 aliphatic carbocycles. The third kappa shape index (κ3) is 38.6. The van der Waals surface area contributed by atoms with Crippen LogP contribution in [-0.2, 0) is 38.2 Å². The molecule has 0 unspecified atom stereocenters. The van der Waals surface area contributed by atoms with E-state index in [2.05, 4.69) is 56.3 Å². The summed E-state index contributed by atoms with van der Waals surface area (Å²) in [4.78, 5) is 77.6. The quantitative estimate of drug-likeness (QED) is 0.0266. The number of unbranched alkanes of at least 4 members (excludes halogenated alkanes) is 25. The van der Waals surface area contributed by atoms with Gasteiger partial charge in [-0.3, -0.25) is 24.0 Å². The lowest BCUT2D eigenvalue weighted by Crippen LogP contribution is -2.56. The van der Waals surface area contributed by atoms with Gasteiger partial charge in [0.1, 0.15) is 24.2 Å². The minimum atomic E-state index is -1.11. The number of quaternary nitrogens is 1. The highest BCUT2D eigenvalue weighted by Crippen LogP contribution is 2.14. The lowest BCUT2D eigenvalue weighted by Gasteiger charge is -2.23. The number of rotatable bonds is 44. The van der Waals surface area contributed by atoms with Crippen LogP contribution in [0.15, 0.2) is 0 Å². The Morgan fingerprint density at radius 1 is 0.415 bits per heavy atom. The van der Waals surface area contributed by atoms with Crippen LogP contribution < -0.4 is 21.3 Å². The average molecular weight is 923 g/mol. The van der Waals surface area contributed by atoms with E-state index in [1.54, 1.807) is 6.92 Å². The van der Waals surface area contributed by atoms with E-state index < -0.39 is 53.8 Å². The van der Waals surface area contributed by atoms with Gasteiger partial charge in [0, 0.05) is 12.8 Å². The van der Waals surface area contributed by atoms with Crippen LogP contribution >= 0.6 is 0 Å². The van der Waals surface area contributed by atoms with Gasteiger partial charge in [-0.1, -0.05) is 162 Å². The van der Waals surface area contributed by atoms with Gasteiger partial charge in [0.25, 0.3) is 0 Å². The van der Waals surface area contributed by atoms with E-state index in [1.807, 2.05) is 0 Å². The fraction of sp³-hybridized carbons (Fsp3) is 0.885. The van der Waals surface area contributed by atoms with E-state index in [9.17, 15) is 28.8 Å². The molecule has 13 nitrogen and oxygen atoms in total. The van der Waals surface area contributed by atoms with Crippen molar-refractivity contribution in [1.82, 2.24) is 21.3 Å². The standard InChI is InChI=1S/C52H99N5O8/c1-9-11-13-15-17-19-23-27-31-35-41-64-48(59)39-38-46(52(63)65-42-36-32-28-24-20-18-16-14-12-10-2)56-51(62)45(5)55-50(61)44(4)54-49(60)43(3)53-47(58)37-33-29-25-21-22-26-30-34-40-57(6,7)8/h43-46H,9-42H2,1-8H3,(H3-,53,54,55,56,58,60,61,62)/p+1/t43-,44-,45-,46-/m0/s1. The maximum atomic E-state index is 13.3. The van der Waals surface area contributed by atoms with Gasteiger partial charge < -0.3 is 35.2 Å². The summed E-state index contributed by atoms with van der Waals surface area (Å²) in [6.07, 6.45) is 32.3.